The molecule has 0 aromatic carbocycles. The van der Waals surface area contributed by atoms with Crippen LogP contribution in [0, 0.1) is 5.41 Å². The molecule has 0 saturated carbocycles. The molecule has 1 spiro atoms. The average molecular weight is 306 g/mol. The van der Waals surface area contributed by atoms with Crippen molar-refractivity contribution in [1.29, 1.82) is 0 Å². The van der Waals surface area contributed by atoms with Crippen LogP contribution in [0.5, 0.6) is 0 Å². The first-order valence-electron chi connectivity index (χ1n) is 7.54. The summed E-state index contributed by atoms with van der Waals surface area (Å²) in [4.78, 5) is 17.6. The highest BCUT2D eigenvalue weighted by Gasteiger charge is 2.42. The van der Waals surface area contributed by atoms with E-state index < -0.39 is 5.91 Å². The normalized spacial score (nSPS) is 25.1. The number of nitrogens with zero attached hydrogens (tertiary/aromatic N) is 2. The molecule has 3 heterocycles. The Labute approximate surface area is 129 Å². The molecule has 2 saturated heterocycles. The van der Waals surface area contributed by atoms with Crippen molar-refractivity contribution in [2.24, 2.45) is 16.1 Å². The molecule has 7 heteroatoms. The Morgan fingerprint density at radius 3 is 3.00 bits per heavy atom. The maximum Gasteiger partial charge on any atom is 0.284 e. The van der Waals surface area contributed by atoms with E-state index in [1.165, 1.54) is 0 Å². The molecule has 1 atom stereocenters. The first kappa shape index (κ1) is 14.9. The summed E-state index contributed by atoms with van der Waals surface area (Å²) >= 11 is 0. The van der Waals surface area contributed by atoms with Gasteiger partial charge in [-0.25, -0.2) is 0 Å². The number of rotatable bonds is 3. The predicted octanol–water partition coefficient (Wildman–Crippen LogP) is 0.566. The van der Waals surface area contributed by atoms with Gasteiger partial charge in [0.15, 0.2) is 11.7 Å². The van der Waals surface area contributed by atoms with Crippen molar-refractivity contribution in [3.8, 4) is 0 Å². The van der Waals surface area contributed by atoms with Gasteiger partial charge in [-0.1, -0.05) is 0 Å². The van der Waals surface area contributed by atoms with Gasteiger partial charge in [0.2, 0.25) is 0 Å². The first-order valence-corrected chi connectivity index (χ1v) is 7.54. The maximum absolute atomic E-state index is 11.0. The molecule has 0 radical (unpaired) electrons. The summed E-state index contributed by atoms with van der Waals surface area (Å²) in [5.41, 5.74) is 5.47. The maximum atomic E-state index is 11.0. The minimum absolute atomic E-state index is 0.176. The van der Waals surface area contributed by atoms with Crippen LogP contribution >= 0.6 is 0 Å². The largest absolute Gasteiger partial charge is 0.454 e. The Morgan fingerprint density at radius 2 is 2.36 bits per heavy atom. The van der Waals surface area contributed by atoms with Gasteiger partial charge in [0.05, 0.1) is 13.2 Å². The third-order valence-electron chi connectivity index (χ3n) is 4.46. The van der Waals surface area contributed by atoms with Gasteiger partial charge >= 0.3 is 0 Å². The minimum atomic E-state index is -0.557. The quantitative estimate of drug-likeness (QED) is 0.629. The van der Waals surface area contributed by atoms with Crippen molar-refractivity contribution in [3.05, 3.63) is 23.7 Å². The zero-order valence-electron chi connectivity index (χ0n) is 12.8. The Kier molecular flexibility index (Phi) is 4.06. The Hall–Kier alpha value is -2.02. The van der Waals surface area contributed by atoms with Gasteiger partial charge in [-0.2, -0.15) is 0 Å². The predicted molar refractivity (Wildman–Crippen MR) is 81.5 cm³/mol. The van der Waals surface area contributed by atoms with E-state index in [9.17, 15) is 4.79 Å². The highest BCUT2D eigenvalue weighted by atomic mass is 16.5. The summed E-state index contributed by atoms with van der Waals surface area (Å²) in [6.45, 7) is 4.13. The lowest BCUT2D eigenvalue weighted by atomic mass is 9.87. The van der Waals surface area contributed by atoms with Crippen molar-refractivity contribution in [2.45, 2.75) is 19.4 Å². The smallest absolute Gasteiger partial charge is 0.284 e. The molecule has 3 N–H and O–H groups in total. The number of primary amides is 1. The lowest BCUT2D eigenvalue weighted by Gasteiger charge is -2.24. The molecule has 1 amide bonds. The molecule has 2 fully saturated rings. The molecule has 120 valence electrons. The number of nitrogens with two attached hydrogens (primary N) is 1. The van der Waals surface area contributed by atoms with Gasteiger partial charge in [-0.05, 0) is 25.0 Å². The van der Waals surface area contributed by atoms with Gasteiger partial charge in [0, 0.05) is 32.2 Å². The Morgan fingerprint density at radius 1 is 1.50 bits per heavy atom. The van der Waals surface area contributed by atoms with Crippen LogP contribution in [-0.4, -0.2) is 50.1 Å². The lowest BCUT2D eigenvalue weighted by molar-refractivity contribution is 0.0972. The van der Waals surface area contributed by atoms with Crippen LogP contribution in [-0.2, 0) is 11.3 Å². The molecule has 7 nitrogen and oxygen atoms in total. The second kappa shape index (κ2) is 6.00. The fraction of sp³-hybridized carbons (Fsp3) is 0.600. The summed E-state index contributed by atoms with van der Waals surface area (Å²) in [6, 6.07) is 3.33. The lowest BCUT2D eigenvalue weighted by Crippen LogP contribution is -2.41. The topological polar surface area (TPSA) is 93.1 Å². The van der Waals surface area contributed by atoms with E-state index in [2.05, 4.69) is 15.2 Å². The van der Waals surface area contributed by atoms with Gasteiger partial charge < -0.3 is 25.1 Å². The molecule has 2 aliphatic heterocycles. The standard InChI is InChI=1S/C15H22N4O3/c1-17-14(18-8-11-2-3-12(22-11)13(16)20)19-6-4-15(9-19)5-7-21-10-15/h2-3H,4-10H2,1H3,(H2,16,20)(H,17,18). The first-order chi connectivity index (χ1) is 10.6. The van der Waals surface area contributed by atoms with Crippen molar-refractivity contribution in [2.75, 3.05) is 33.4 Å². The van der Waals surface area contributed by atoms with Gasteiger partial charge in [0.1, 0.15) is 5.76 Å². The molecule has 22 heavy (non-hydrogen) atoms. The Bertz CT molecular complexity index is 575. The summed E-state index contributed by atoms with van der Waals surface area (Å²) in [7, 11) is 1.77. The monoisotopic (exact) mass is 306 g/mol. The average Bonchev–Trinajstić information content (AvgIpc) is 3.23. The molecule has 1 aromatic heterocycles. The minimum Gasteiger partial charge on any atom is -0.454 e. The molecular formula is C15H22N4O3. The fourth-order valence-electron chi connectivity index (χ4n) is 3.19. The molecule has 0 aliphatic carbocycles. The van der Waals surface area contributed by atoms with Crippen LogP contribution in [0.25, 0.3) is 0 Å². The van der Waals surface area contributed by atoms with Crippen LogP contribution < -0.4 is 11.1 Å². The summed E-state index contributed by atoms with van der Waals surface area (Å²) in [5, 5.41) is 3.28. The molecule has 1 unspecified atom stereocenters. The second-order valence-electron chi connectivity index (χ2n) is 6.01. The van der Waals surface area contributed by atoms with E-state index in [4.69, 9.17) is 14.9 Å². The van der Waals surface area contributed by atoms with Crippen LogP contribution in [0.3, 0.4) is 0 Å². The number of nitrogens with one attached hydrogen (secondary N) is 1. The number of likely N-dealkylation sites (tertiary alicyclic amines) is 1. The van der Waals surface area contributed by atoms with E-state index in [1.54, 1.807) is 19.2 Å². The molecule has 0 bridgehead atoms. The molecular weight excluding hydrogens is 284 g/mol. The number of hydrogen-bond donors (Lipinski definition) is 2. The number of carbonyl (C=O) groups excluding carboxylic acids is 1. The number of furan rings is 1. The van der Waals surface area contributed by atoms with Crippen molar-refractivity contribution in [1.82, 2.24) is 10.2 Å². The van der Waals surface area contributed by atoms with Crippen molar-refractivity contribution >= 4 is 11.9 Å². The summed E-state index contributed by atoms with van der Waals surface area (Å²) in [5.74, 6) is 1.13. The molecule has 2 aliphatic rings. The SMILES string of the molecule is CN=C(NCc1ccc(C(N)=O)o1)N1CCC2(CCOC2)C1. The number of guanidine groups is 1. The number of ether oxygens (including phenoxy) is 1. The van der Waals surface area contributed by atoms with Crippen LogP contribution in [0.4, 0.5) is 0 Å². The van der Waals surface area contributed by atoms with Crippen LogP contribution in [0.2, 0.25) is 0 Å². The van der Waals surface area contributed by atoms with E-state index in [-0.39, 0.29) is 5.76 Å². The van der Waals surface area contributed by atoms with Gasteiger partial charge in [-0.3, -0.25) is 9.79 Å². The van der Waals surface area contributed by atoms with E-state index >= 15 is 0 Å². The fourth-order valence-corrected chi connectivity index (χ4v) is 3.19. The van der Waals surface area contributed by atoms with Crippen LogP contribution in [0.15, 0.2) is 21.5 Å². The molecule has 3 rings (SSSR count). The van der Waals surface area contributed by atoms with E-state index in [0.29, 0.717) is 17.7 Å². The summed E-state index contributed by atoms with van der Waals surface area (Å²) in [6.07, 6.45) is 2.26. The van der Waals surface area contributed by atoms with Gasteiger partial charge in [0.25, 0.3) is 5.91 Å². The van der Waals surface area contributed by atoms with Crippen LogP contribution in [0.1, 0.15) is 29.2 Å². The Balaban J connectivity index is 1.57. The highest BCUT2D eigenvalue weighted by Crippen LogP contribution is 2.38. The number of carbonyl (C=O) groups is 1. The summed E-state index contributed by atoms with van der Waals surface area (Å²) < 4.78 is 10.9. The van der Waals surface area contributed by atoms with Gasteiger partial charge in [-0.15, -0.1) is 0 Å². The zero-order valence-corrected chi connectivity index (χ0v) is 12.8. The van der Waals surface area contributed by atoms with E-state index in [1.807, 2.05) is 0 Å². The zero-order chi connectivity index (χ0) is 15.6. The third-order valence-corrected chi connectivity index (χ3v) is 4.46. The van der Waals surface area contributed by atoms with E-state index in [0.717, 1.165) is 45.1 Å². The number of hydrogen-bond acceptors (Lipinski definition) is 4. The van der Waals surface area contributed by atoms with Crippen molar-refractivity contribution in [3.63, 3.8) is 0 Å². The second-order valence-corrected chi connectivity index (χ2v) is 6.01. The molecule has 1 aromatic rings. The van der Waals surface area contributed by atoms with Crippen molar-refractivity contribution < 1.29 is 13.9 Å². The third kappa shape index (κ3) is 2.94. The number of amides is 1. The number of aliphatic imine (C=N–C) groups is 1. The highest BCUT2D eigenvalue weighted by molar-refractivity contribution is 5.89.